The SMILES string of the molecule is CCNC(=O)Nc1ccc(OCCN2C[C@@]3(C)O[C@@](C)(C2)C2C(=O)N(c4ccc(C#N)c(C(F)(F)F)c4)C(=O)C23)cc1. The molecule has 0 aromatic heterocycles. The van der Waals surface area contributed by atoms with Crippen LogP contribution in [0.1, 0.15) is 31.9 Å². The molecule has 10 nitrogen and oxygen atoms in total. The Hall–Kier alpha value is -4.15. The van der Waals surface area contributed by atoms with E-state index >= 15 is 0 Å². The molecule has 2 unspecified atom stereocenters. The van der Waals surface area contributed by atoms with E-state index in [1.54, 1.807) is 38.1 Å². The fourth-order valence-corrected chi connectivity index (χ4v) is 6.44. The topological polar surface area (TPSA) is 124 Å². The molecular weight excluding hydrogens is 555 g/mol. The summed E-state index contributed by atoms with van der Waals surface area (Å²) in [6.45, 7) is 7.24. The minimum absolute atomic E-state index is 0.214. The molecule has 13 heteroatoms. The highest BCUT2D eigenvalue weighted by Crippen LogP contribution is 2.55. The molecule has 2 bridgehead atoms. The van der Waals surface area contributed by atoms with Gasteiger partial charge in [-0.2, -0.15) is 18.4 Å². The van der Waals surface area contributed by atoms with Crippen LogP contribution in [0, 0.1) is 23.2 Å². The minimum atomic E-state index is -4.83. The van der Waals surface area contributed by atoms with E-state index in [1.165, 1.54) is 12.1 Å². The molecule has 4 amide bonds. The van der Waals surface area contributed by atoms with Crippen LogP contribution in [-0.4, -0.2) is 66.7 Å². The number of hydrogen-bond acceptors (Lipinski definition) is 7. The predicted octanol–water partition coefficient (Wildman–Crippen LogP) is 3.77. The second-order valence-corrected chi connectivity index (χ2v) is 11.1. The third-order valence-electron chi connectivity index (χ3n) is 7.98. The quantitative estimate of drug-likeness (QED) is 0.474. The fourth-order valence-electron chi connectivity index (χ4n) is 6.44. The molecule has 0 saturated carbocycles. The van der Waals surface area contributed by atoms with Crippen molar-refractivity contribution in [1.29, 1.82) is 5.26 Å². The van der Waals surface area contributed by atoms with E-state index in [9.17, 15) is 27.6 Å². The van der Waals surface area contributed by atoms with E-state index in [1.807, 2.05) is 6.92 Å². The molecule has 4 atom stereocenters. The lowest BCUT2D eigenvalue weighted by atomic mass is 9.79. The maximum absolute atomic E-state index is 13.6. The standard InChI is InChI=1S/C29H30F3N5O5/c1-4-34-26(40)35-18-6-9-20(10-7-18)41-12-11-36-15-27(2)22-23(28(3,16-36)42-27)25(39)37(24(22)38)19-8-5-17(14-33)21(13-19)29(30,31)32/h5-10,13,22-23H,4,11-12,15-16H2,1-3H3,(H2,34,35,40)/t22?,23?,27-,28+. The number of alkyl halides is 3. The highest BCUT2D eigenvalue weighted by atomic mass is 19.4. The average Bonchev–Trinajstić information content (AvgIpc) is 3.29. The Labute approximate surface area is 240 Å². The summed E-state index contributed by atoms with van der Waals surface area (Å²) >= 11 is 0. The molecule has 2 N–H and O–H groups in total. The third-order valence-corrected chi connectivity index (χ3v) is 7.98. The second-order valence-electron chi connectivity index (χ2n) is 11.1. The number of fused-ring (bicyclic) bond motifs is 5. The number of anilines is 2. The summed E-state index contributed by atoms with van der Waals surface area (Å²) in [6, 6.07) is 11.0. The van der Waals surface area contributed by atoms with Gasteiger partial charge in [0.2, 0.25) is 11.8 Å². The molecule has 3 fully saturated rings. The Kier molecular flexibility index (Phi) is 7.40. The lowest BCUT2D eigenvalue weighted by Crippen LogP contribution is -2.58. The molecule has 5 rings (SSSR count). The summed E-state index contributed by atoms with van der Waals surface area (Å²) in [5.41, 5.74) is -3.49. The van der Waals surface area contributed by atoms with Crippen LogP contribution in [0.3, 0.4) is 0 Å². The zero-order valence-electron chi connectivity index (χ0n) is 23.2. The summed E-state index contributed by atoms with van der Waals surface area (Å²) in [4.78, 5) is 41.8. The zero-order chi connectivity index (χ0) is 30.4. The molecule has 3 saturated heterocycles. The molecule has 222 valence electrons. The van der Waals surface area contributed by atoms with Crippen LogP contribution in [0.2, 0.25) is 0 Å². The first-order valence-corrected chi connectivity index (χ1v) is 13.5. The number of carbonyl (C=O) groups excluding carboxylic acids is 3. The predicted molar refractivity (Wildman–Crippen MR) is 145 cm³/mol. The monoisotopic (exact) mass is 585 g/mol. The number of halogens is 3. The number of likely N-dealkylation sites (tertiary alicyclic amines) is 1. The van der Waals surface area contributed by atoms with Crippen molar-refractivity contribution in [3.8, 4) is 11.8 Å². The first kappa shape index (κ1) is 29.3. The number of carbonyl (C=O) groups is 3. The smallest absolute Gasteiger partial charge is 0.417 e. The van der Waals surface area contributed by atoms with Gasteiger partial charge in [-0.25, -0.2) is 9.69 Å². The van der Waals surface area contributed by atoms with Crippen molar-refractivity contribution in [2.24, 2.45) is 11.8 Å². The summed E-state index contributed by atoms with van der Waals surface area (Å²) in [6.07, 6.45) is -4.83. The van der Waals surface area contributed by atoms with Crippen molar-refractivity contribution < 1.29 is 37.0 Å². The van der Waals surface area contributed by atoms with Crippen molar-refractivity contribution in [1.82, 2.24) is 10.2 Å². The van der Waals surface area contributed by atoms with E-state index in [0.29, 0.717) is 50.3 Å². The summed E-state index contributed by atoms with van der Waals surface area (Å²) < 4.78 is 53.0. The molecule has 0 aliphatic carbocycles. The Bertz CT molecular complexity index is 1420. The van der Waals surface area contributed by atoms with Crippen LogP contribution in [0.4, 0.5) is 29.3 Å². The number of morpholine rings is 1. The number of ether oxygens (including phenoxy) is 2. The van der Waals surface area contributed by atoms with E-state index in [0.717, 1.165) is 11.0 Å². The summed E-state index contributed by atoms with van der Waals surface area (Å²) in [7, 11) is 0. The fraction of sp³-hybridized carbons (Fsp3) is 0.448. The van der Waals surface area contributed by atoms with Crippen LogP contribution in [0.15, 0.2) is 42.5 Å². The number of urea groups is 1. The Morgan fingerprint density at radius 3 is 2.26 bits per heavy atom. The number of rotatable bonds is 7. The van der Waals surface area contributed by atoms with Gasteiger partial charge in [-0.3, -0.25) is 14.5 Å². The van der Waals surface area contributed by atoms with Gasteiger partial charge in [-0.15, -0.1) is 0 Å². The first-order valence-electron chi connectivity index (χ1n) is 13.5. The highest BCUT2D eigenvalue weighted by molar-refractivity contribution is 6.23. The van der Waals surface area contributed by atoms with E-state index < -0.39 is 52.2 Å². The van der Waals surface area contributed by atoms with Crippen LogP contribution < -0.4 is 20.3 Å². The molecule has 0 radical (unpaired) electrons. The Morgan fingerprint density at radius 2 is 1.71 bits per heavy atom. The number of imide groups is 1. The molecular formula is C29H30F3N5O5. The third kappa shape index (κ3) is 5.16. The van der Waals surface area contributed by atoms with Gasteiger partial charge in [0.15, 0.2) is 0 Å². The van der Waals surface area contributed by atoms with Gasteiger partial charge in [0.1, 0.15) is 12.4 Å². The van der Waals surface area contributed by atoms with Gasteiger partial charge in [-0.05, 0) is 63.2 Å². The maximum atomic E-state index is 13.6. The Morgan fingerprint density at radius 1 is 1.10 bits per heavy atom. The minimum Gasteiger partial charge on any atom is -0.492 e. The molecule has 2 aromatic rings. The van der Waals surface area contributed by atoms with Crippen molar-refractivity contribution >= 4 is 29.2 Å². The van der Waals surface area contributed by atoms with Crippen LogP contribution in [-0.2, 0) is 20.5 Å². The van der Waals surface area contributed by atoms with Crippen molar-refractivity contribution in [2.75, 3.05) is 43.0 Å². The van der Waals surface area contributed by atoms with Gasteiger partial charge >= 0.3 is 12.2 Å². The van der Waals surface area contributed by atoms with Crippen LogP contribution in [0.25, 0.3) is 0 Å². The van der Waals surface area contributed by atoms with E-state index in [4.69, 9.17) is 14.7 Å². The number of nitriles is 1. The van der Waals surface area contributed by atoms with Crippen LogP contribution in [0.5, 0.6) is 5.75 Å². The van der Waals surface area contributed by atoms with Gasteiger partial charge in [0, 0.05) is 31.9 Å². The Balaban J connectivity index is 1.27. The lowest BCUT2D eigenvalue weighted by Gasteiger charge is -2.45. The maximum Gasteiger partial charge on any atom is 0.417 e. The number of benzene rings is 2. The van der Waals surface area contributed by atoms with Gasteiger partial charge in [-0.1, -0.05) is 0 Å². The first-order chi connectivity index (χ1) is 19.8. The zero-order valence-corrected chi connectivity index (χ0v) is 23.2. The van der Waals surface area contributed by atoms with Crippen LogP contribution >= 0.6 is 0 Å². The van der Waals surface area contributed by atoms with Crippen molar-refractivity contribution in [2.45, 2.75) is 38.1 Å². The molecule has 3 aliphatic rings. The van der Waals surface area contributed by atoms with Gasteiger partial charge < -0.3 is 20.1 Å². The number of hydrogen-bond donors (Lipinski definition) is 2. The molecule has 0 spiro atoms. The van der Waals surface area contributed by atoms with Crippen molar-refractivity contribution in [3.05, 3.63) is 53.6 Å². The second kappa shape index (κ2) is 10.6. The average molecular weight is 586 g/mol. The molecule has 3 heterocycles. The molecule has 2 aromatic carbocycles. The number of nitrogens with zero attached hydrogens (tertiary/aromatic N) is 3. The largest absolute Gasteiger partial charge is 0.492 e. The van der Waals surface area contributed by atoms with Gasteiger partial charge in [0.25, 0.3) is 0 Å². The lowest BCUT2D eigenvalue weighted by molar-refractivity contribution is -0.169. The number of nitrogens with one attached hydrogen (secondary N) is 2. The molecule has 3 aliphatic heterocycles. The summed E-state index contributed by atoms with van der Waals surface area (Å²) in [5, 5.41) is 14.5. The number of amides is 4. The normalized spacial score (nSPS) is 27.0. The van der Waals surface area contributed by atoms with E-state index in [2.05, 4.69) is 15.5 Å². The highest BCUT2D eigenvalue weighted by Gasteiger charge is 2.71. The molecule has 42 heavy (non-hydrogen) atoms. The van der Waals surface area contributed by atoms with Crippen molar-refractivity contribution in [3.63, 3.8) is 0 Å². The van der Waals surface area contributed by atoms with Gasteiger partial charge in [0.05, 0.1) is 45.9 Å². The summed E-state index contributed by atoms with van der Waals surface area (Å²) in [5.74, 6) is -2.39. The van der Waals surface area contributed by atoms with E-state index in [-0.39, 0.29) is 11.7 Å².